The fraction of sp³-hybridized carbons (Fsp3) is 0.524. The van der Waals surface area contributed by atoms with E-state index in [-0.39, 0.29) is 11.9 Å². The summed E-state index contributed by atoms with van der Waals surface area (Å²) in [4.78, 5) is 32.1. The molecule has 3 amide bonds. The van der Waals surface area contributed by atoms with Gasteiger partial charge in [0.2, 0.25) is 0 Å². The van der Waals surface area contributed by atoms with Crippen molar-refractivity contribution in [2.45, 2.75) is 38.1 Å². The summed E-state index contributed by atoms with van der Waals surface area (Å²) in [6, 6.07) is 7.46. The molecule has 2 aromatic rings. The van der Waals surface area contributed by atoms with E-state index in [1.54, 1.807) is 11.9 Å². The molecule has 1 aliphatic carbocycles. The van der Waals surface area contributed by atoms with E-state index in [0.29, 0.717) is 31.3 Å². The van der Waals surface area contributed by atoms with Gasteiger partial charge < -0.3 is 15.6 Å². The normalized spacial score (nSPS) is 26.4. The minimum absolute atomic E-state index is 0.0670. The highest BCUT2D eigenvalue weighted by Crippen LogP contribution is 2.31. The number of para-hydroxylation sites is 1. The van der Waals surface area contributed by atoms with E-state index >= 15 is 0 Å². The van der Waals surface area contributed by atoms with Crippen LogP contribution in [-0.4, -0.2) is 52.9 Å². The van der Waals surface area contributed by atoms with Crippen LogP contribution in [0.3, 0.4) is 0 Å². The lowest BCUT2D eigenvalue weighted by Crippen LogP contribution is -2.38. The number of carbonyl (C=O) groups excluding carboxylic acids is 2. The third-order valence-corrected chi connectivity index (χ3v) is 6.30. The SMILES string of the molecule is CN1C(=O)N(CC2CCC[C@@H](CN)C2)C(=O)[C@@H]1Cc1c[nH]c2ccccc12. The summed E-state index contributed by atoms with van der Waals surface area (Å²) in [5.41, 5.74) is 7.96. The smallest absolute Gasteiger partial charge is 0.327 e. The number of nitrogens with two attached hydrogens (primary N) is 1. The highest BCUT2D eigenvalue weighted by atomic mass is 16.2. The fourth-order valence-electron chi connectivity index (χ4n) is 4.71. The number of urea groups is 1. The zero-order valence-electron chi connectivity index (χ0n) is 15.9. The number of carbonyl (C=O) groups is 2. The van der Waals surface area contributed by atoms with Gasteiger partial charge in [0, 0.05) is 37.1 Å². The number of benzene rings is 1. The van der Waals surface area contributed by atoms with E-state index in [2.05, 4.69) is 11.1 Å². The Labute approximate surface area is 159 Å². The Morgan fingerprint density at radius 1 is 1.19 bits per heavy atom. The molecule has 1 unspecified atom stereocenters. The molecule has 1 aliphatic heterocycles. The highest BCUT2D eigenvalue weighted by molar-refractivity contribution is 6.04. The Morgan fingerprint density at radius 3 is 2.78 bits per heavy atom. The molecule has 1 saturated carbocycles. The number of hydrogen-bond acceptors (Lipinski definition) is 3. The largest absolute Gasteiger partial charge is 0.361 e. The minimum Gasteiger partial charge on any atom is -0.361 e. The van der Waals surface area contributed by atoms with Crippen molar-refractivity contribution in [3.63, 3.8) is 0 Å². The second-order valence-electron chi connectivity index (χ2n) is 8.06. The van der Waals surface area contributed by atoms with Crippen molar-refractivity contribution in [1.29, 1.82) is 0 Å². The number of imide groups is 1. The molecule has 1 aromatic carbocycles. The second kappa shape index (κ2) is 7.35. The van der Waals surface area contributed by atoms with Gasteiger partial charge >= 0.3 is 6.03 Å². The van der Waals surface area contributed by atoms with Crippen molar-refractivity contribution in [2.24, 2.45) is 17.6 Å². The zero-order chi connectivity index (χ0) is 19.0. The van der Waals surface area contributed by atoms with Crippen molar-refractivity contribution >= 4 is 22.8 Å². The lowest BCUT2D eigenvalue weighted by Gasteiger charge is -2.30. The Morgan fingerprint density at radius 2 is 1.96 bits per heavy atom. The predicted molar refractivity (Wildman–Crippen MR) is 105 cm³/mol. The maximum Gasteiger partial charge on any atom is 0.327 e. The van der Waals surface area contributed by atoms with Crippen molar-refractivity contribution in [1.82, 2.24) is 14.8 Å². The minimum atomic E-state index is -0.425. The van der Waals surface area contributed by atoms with Crippen LogP contribution in [0.1, 0.15) is 31.2 Å². The molecule has 2 aliphatic rings. The molecular formula is C21H28N4O2. The summed E-state index contributed by atoms with van der Waals surface area (Å²) >= 11 is 0. The van der Waals surface area contributed by atoms with E-state index in [1.807, 2.05) is 24.4 Å². The van der Waals surface area contributed by atoms with Gasteiger partial charge in [0.05, 0.1) is 0 Å². The molecule has 4 rings (SSSR count). The summed E-state index contributed by atoms with van der Waals surface area (Å²) in [6.07, 6.45) is 6.88. The average Bonchev–Trinajstić information content (AvgIpc) is 3.19. The first-order valence-corrected chi connectivity index (χ1v) is 9.91. The van der Waals surface area contributed by atoms with Crippen LogP contribution in [0.2, 0.25) is 0 Å². The number of rotatable bonds is 5. The fourth-order valence-corrected chi connectivity index (χ4v) is 4.71. The van der Waals surface area contributed by atoms with Gasteiger partial charge in [-0.1, -0.05) is 24.6 Å². The van der Waals surface area contributed by atoms with Gasteiger partial charge in [-0.05, 0) is 49.3 Å². The van der Waals surface area contributed by atoms with Crippen LogP contribution in [0.15, 0.2) is 30.5 Å². The van der Waals surface area contributed by atoms with E-state index in [9.17, 15) is 9.59 Å². The van der Waals surface area contributed by atoms with Crippen LogP contribution in [0.4, 0.5) is 4.79 Å². The van der Waals surface area contributed by atoms with Gasteiger partial charge in [0.1, 0.15) is 6.04 Å². The molecule has 2 heterocycles. The van der Waals surface area contributed by atoms with Crippen LogP contribution in [0, 0.1) is 11.8 Å². The molecule has 27 heavy (non-hydrogen) atoms. The topological polar surface area (TPSA) is 82.4 Å². The summed E-state index contributed by atoms with van der Waals surface area (Å²) in [5, 5.41) is 1.11. The molecular weight excluding hydrogens is 340 g/mol. The van der Waals surface area contributed by atoms with Gasteiger partial charge in [-0.25, -0.2) is 4.79 Å². The number of amides is 3. The monoisotopic (exact) mass is 368 g/mol. The molecule has 3 N–H and O–H groups in total. The molecule has 0 spiro atoms. The lowest BCUT2D eigenvalue weighted by molar-refractivity contribution is -0.128. The summed E-state index contributed by atoms with van der Waals surface area (Å²) in [7, 11) is 1.74. The highest BCUT2D eigenvalue weighted by Gasteiger charge is 2.44. The van der Waals surface area contributed by atoms with Gasteiger partial charge in [-0.15, -0.1) is 0 Å². The zero-order valence-corrected chi connectivity index (χ0v) is 15.9. The first-order chi connectivity index (χ1) is 13.1. The number of nitrogens with one attached hydrogen (secondary N) is 1. The summed E-state index contributed by atoms with van der Waals surface area (Å²) in [6.45, 7) is 1.23. The van der Waals surface area contributed by atoms with Gasteiger partial charge in [0.25, 0.3) is 5.91 Å². The Hall–Kier alpha value is -2.34. The first-order valence-electron chi connectivity index (χ1n) is 9.91. The van der Waals surface area contributed by atoms with Gasteiger partial charge in [0.15, 0.2) is 0 Å². The van der Waals surface area contributed by atoms with Crippen LogP contribution >= 0.6 is 0 Å². The maximum atomic E-state index is 13.0. The summed E-state index contributed by atoms with van der Waals surface area (Å²) in [5.74, 6) is 0.833. The van der Waals surface area contributed by atoms with Crippen molar-refractivity contribution in [3.8, 4) is 0 Å². The van der Waals surface area contributed by atoms with E-state index < -0.39 is 6.04 Å². The van der Waals surface area contributed by atoms with E-state index in [1.165, 1.54) is 4.90 Å². The molecule has 3 atom stereocenters. The third kappa shape index (κ3) is 3.34. The maximum absolute atomic E-state index is 13.0. The Kier molecular flexibility index (Phi) is 4.91. The number of fused-ring (bicyclic) bond motifs is 1. The van der Waals surface area contributed by atoms with Crippen molar-refractivity contribution in [3.05, 3.63) is 36.0 Å². The third-order valence-electron chi connectivity index (χ3n) is 6.30. The molecule has 0 radical (unpaired) electrons. The molecule has 6 heteroatoms. The number of hydrogen-bond donors (Lipinski definition) is 2. The number of nitrogens with zero attached hydrogens (tertiary/aromatic N) is 2. The molecule has 6 nitrogen and oxygen atoms in total. The number of aromatic nitrogens is 1. The van der Waals surface area contributed by atoms with Crippen LogP contribution < -0.4 is 5.73 Å². The van der Waals surface area contributed by atoms with Crippen molar-refractivity contribution < 1.29 is 9.59 Å². The average molecular weight is 368 g/mol. The molecule has 1 aromatic heterocycles. The number of aromatic amines is 1. The van der Waals surface area contributed by atoms with Crippen LogP contribution in [0.25, 0.3) is 10.9 Å². The number of H-pyrrole nitrogens is 1. The van der Waals surface area contributed by atoms with Crippen molar-refractivity contribution in [2.75, 3.05) is 20.1 Å². The summed E-state index contributed by atoms with van der Waals surface area (Å²) < 4.78 is 0. The standard InChI is InChI=1S/C21H28N4O2/c1-24-19(10-16-12-23-18-8-3-2-7-17(16)18)20(26)25(21(24)27)13-15-6-4-5-14(9-15)11-22/h2-3,7-8,12,14-15,19,23H,4-6,9-11,13,22H2,1H3/t14-,15?,19+/m1/s1. The molecule has 0 bridgehead atoms. The predicted octanol–water partition coefficient (Wildman–Crippen LogP) is 2.74. The molecule has 1 saturated heterocycles. The molecule has 144 valence electrons. The van der Waals surface area contributed by atoms with Crippen LogP contribution in [-0.2, 0) is 11.2 Å². The van der Waals surface area contributed by atoms with E-state index in [0.717, 1.165) is 42.1 Å². The molecule has 2 fully saturated rings. The van der Waals surface area contributed by atoms with Crippen LogP contribution in [0.5, 0.6) is 0 Å². The van der Waals surface area contributed by atoms with E-state index in [4.69, 9.17) is 5.73 Å². The number of likely N-dealkylation sites (N-methyl/N-ethyl adjacent to an activating group) is 1. The Balaban J connectivity index is 1.48. The van der Waals surface area contributed by atoms with Gasteiger partial charge in [-0.2, -0.15) is 0 Å². The Bertz CT molecular complexity index is 846. The first kappa shape index (κ1) is 18.0. The lowest BCUT2D eigenvalue weighted by atomic mass is 9.81. The second-order valence-corrected chi connectivity index (χ2v) is 8.06. The quantitative estimate of drug-likeness (QED) is 0.796. The van der Waals surface area contributed by atoms with Gasteiger partial charge in [-0.3, -0.25) is 9.69 Å².